The molecule has 0 bridgehead atoms. The first-order chi connectivity index (χ1) is 23.0. The number of hydrogen-bond donors (Lipinski definition) is 0. The molecule has 0 aromatic heterocycles. The zero-order valence-electron chi connectivity index (χ0n) is 28.5. The van der Waals surface area contributed by atoms with E-state index in [2.05, 4.69) is 13.8 Å². The molecule has 0 aliphatic rings. The summed E-state index contributed by atoms with van der Waals surface area (Å²) in [5.41, 5.74) is 1.14. The molecule has 0 amide bonds. The summed E-state index contributed by atoms with van der Waals surface area (Å²) in [6, 6.07) is 27.6. The molecule has 0 fully saturated rings. The van der Waals surface area contributed by atoms with Crippen LogP contribution < -0.4 is 9.47 Å². The Hall–Kier alpha value is -2.44. The molecule has 0 unspecified atom stereocenters. The average Bonchev–Trinajstić information content (AvgIpc) is 3.06. The van der Waals surface area contributed by atoms with Crippen molar-refractivity contribution in [2.45, 2.75) is 101 Å². The molecule has 4 aromatic carbocycles. The molecule has 0 radical (unpaired) electrons. The van der Waals surface area contributed by atoms with E-state index in [1.54, 1.807) is 48.5 Å². The monoisotopic (exact) mass is 734 g/mol. The van der Waals surface area contributed by atoms with Gasteiger partial charge in [-0.1, -0.05) is 114 Å². The maximum absolute atomic E-state index is 11.6. The molecule has 0 atom stereocenters. The van der Waals surface area contributed by atoms with Crippen LogP contribution in [0.15, 0.2) is 107 Å². The summed E-state index contributed by atoms with van der Waals surface area (Å²) in [6.45, 7) is 4.29. The van der Waals surface area contributed by atoms with E-state index in [0.717, 1.165) is 51.4 Å². The van der Waals surface area contributed by atoms with Crippen LogP contribution in [0.4, 0.5) is 0 Å². The summed E-state index contributed by atoms with van der Waals surface area (Å²) in [6.07, 6.45) is 11.9. The molecule has 0 aliphatic carbocycles. The van der Waals surface area contributed by atoms with E-state index in [1.807, 2.05) is 36.4 Å². The predicted molar refractivity (Wildman–Crippen MR) is 193 cm³/mol. The number of hydrogen-bond acceptors (Lipinski definition) is 8. The van der Waals surface area contributed by atoms with Gasteiger partial charge in [0.15, 0.2) is 0 Å². The van der Waals surface area contributed by atoms with Crippen LogP contribution in [0.1, 0.15) is 89.2 Å². The molecule has 0 saturated heterocycles. The van der Waals surface area contributed by atoms with E-state index in [1.165, 1.54) is 25.0 Å². The topological polar surface area (TPSA) is 133 Å². The molecule has 0 N–H and O–H groups in total. The molecule has 4 rings (SSSR count). The van der Waals surface area contributed by atoms with Crippen LogP contribution in [-0.4, -0.2) is 63.7 Å². The zero-order valence-corrected chi connectivity index (χ0v) is 32.4. The van der Waals surface area contributed by atoms with Gasteiger partial charge in [0.25, 0.3) is 0 Å². The summed E-state index contributed by atoms with van der Waals surface area (Å²) in [4.78, 5) is -0.349. The first kappa shape index (κ1) is 42.7. The number of ether oxygens (including phenoxy) is 2. The van der Waals surface area contributed by atoms with Gasteiger partial charge in [-0.15, -0.1) is 0 Å². The molecule has 4 aromatic rings. The molecular weight excluding hydrogens is 689 g/mol. The van der Waals surface area contributed by atoms with Gasteiger partial charge in [0.05, 0.1) is 9.79 Å². The first-order valence-electron chi connectivity index (χ1n) is 16.6. The van der Waals surface area contributed by atoms with Gasteiger partial charge in [-0.05, 0) is 85.3 Å². The average molecular weight is 735 g/mol. The second kappa shape index (κ2) is 22.4. The first-order valence-corrected chi connectivity index (χ1v) is 19.5. The Morgan fingerprint density at radius 3 is 1.14 bits per heavy atom. The van der Waals surface area contributed by atoms with E-state index in [9.17, 15) is 25.9 Å². The van der Waals surface area contributed by atoms with E-state index in [4.69, 9.17) is 9.47 Å². The number of aryl methyl sites for hydroxylation is 2. The Kier molecular flexibility index (Phi) is 19.5. The Morgan fingerprint density at radius 2 is 0.816 bits per heavy atom. The van der Waals surface area contributed by atoms with Gasteiger partial charge in [-0.3, -0.25) is 0 Å². The molecule has 260 valence electrons. The molecule has 49 heavy (non-hydrogen) atoms. The van der Waals surface area contributed by atoms with Gasteiger partial charge < -0.3 is 18.6 Å². The normalized spacial score (nSPS) is 11.2. The Morgan fingerprint density at radius 1 is 0.469 bits per heavy atom. The minimum Gasteiger partial charge on any atom is -0.744 e. The zero-order chi connectivity index (χ0) is 34.8. The number of benzene rings is 4. The molecule has 0 spiro atoms. The van der Waals surface area contributed by atoms with Crippen molar-refractivity contribution in [2.24, 2.45) is 0 Å². The summed E-state index contributed by atoms with van der Waals surface area (Å²) < 4.78 is 80.7. The fourth-order valence-electron chi connectivity index (χ4n) is 5.16. The second-order valence-corrected chi connectivity index (χ2v) is 14.3. The number of unbranched alkanes of at least 4 members (excludes halogenated alkanes) is 8. The van der Waals surface area contributed by atoms with Gasteiger partial charge in [0.2, 0.25) is 0 Å². The van der Waals surface area contributed by atoms with Crippen molar-refractivity contribution in [3.05, 3.63) is 108 Å². The summed E-state index contributed by atoms with van der Waals surface area (Å²) in [7, 11) is -9.05. The predicted octanol–water partition coefficient (Wildman–Crippen LogP) is 9.41. The van der Waals surface area contributed by atoms with Crippen LogP contribution in [0.3, 0.4) is 0 Å². The molecule has 0 heterocycles. The molecule has 8 nitrogen and oxygen atoms in total. The Balaban J connectivity index is 0.000000333. The van der Waals surface area contributed by atoms with E-state index < -0.39 is 20.2 Å². The third kappa shape index (κ3) is 16.0. The molecule has 11 heteroatoms. The van der Waals surface area contributed by atoms with Crippen molar-refractivity contribution >= 4 is 58.0 Å². The van der Waals surface area contributed by atoms with Crippen molar-refractivity contribution in [1.82, 2.24) is 0 Å². The molecule has 0 aliphatic heterocycles. The van der Waals surface area contributed by atoms with Crippen LogP contribution in [0, 0.1) is 0 Å². The third-order valence-electron chi connectivity index (χ3n) is 7.67. The van der Waals surface area contributed by atoms with Crippen LogP contribution in [0.25, 0.3) is 0 Å². The van der Waals surface area contributed by atoms with Gasteiger partial charge in [-0.2, -0.15) is 0 Å². The standard InChI is InChI=1S/2C19H24O4S.Ca/c2*1-2-3-4-5-7-10-16-13-14-18(15-19(16)24(20,21)22)23-17-11-8-6-9-12-17;/h2*6,8-9,11-15H,2-5,7,10H2,1H3,(H,20,21,22);/q;;+2/p-2. The fourth-order valence-corrected chi connectivity index (χ4v) is 6.67. The molecular formula is C38H46CaO8S2. The Bertz CT molecular complexity index is 1620. The fraction of sp³-hybridized carbons (Fsp3) is 0.368. The van der Waals surface area contributed by atoms with Crippen LogP contribution in [0.5, 0.6) is 23.0 Å². The van der Waals surface area contributed by atoms with Crippen molar-refractivity contribution in [1.29, 1.82) is 0 Å². The Labute approximate surface area is 322 Å². The van der Waals surface area contributed by atoms with Gasteiger partial charge in [0, 0.05) is 0 Å². The maximum atomic E-state index is 11.6. The van der Waals surface area contributed by atoms with E-state index >= 15 is 0 Å². The number of rotatable bonds is 18. The number of para-hydroxylation sites is 2. The molecule has 0 saturated carbocycles. The summed E-state index contributed by atoms with van der Waals surface area (Å²) >= 11 is 0. The van der Waals surface area contributed by atoms with Gasteiger partial charge >= 0.3 is 37.7 Å². The van der Waals surface area contributed by atoms with Gasteiger partial charge in [0.1, 0.15) is 43.2 Å². The summed E-state index contributed by atoms with van der Waals surface area (Å²) in [5.74, 6) is 1.90. The van der Waals surface area contributed by atoms with Gasteiger partial charge in [-0.25, -0.2) is 16.8 Å². The minimum absolute atomic E-state index is 0. The van der Waals surface area contributed by atoms with E-state index in [-0.39, 0.29) is 47.5 Å². The smallest absolute Gasteiger partial charge is 0.744 e. The van der Waals surface area contributed by atoms with Crippen molar-refractivity contribution in [2.75, 3.05) is 0 Å². The van der Waals surface area contributed by atoms with Crippen LogP contribution >= 0.6 is 0 Å². The van der Waals surface area contributed by atoms with Crippen molar-refractivity contribution in [3.63, 3.8) is 0 Å². The maximum Gasteiger partial charge on any atom is 2.00 e. The van der Waals surface area contributed by atoms with Crippen molar-refractivity contribution < 1.29 is 35.4 Å². The third-order valence-corrected chi connectivity index (χ3v) is 9.51. The second-order valence-electron chi connectivity index (χ2n) is 11.6. The SMILES string of the molecule is CCCCCCCc1ccc(Oc2ccccc2)cc1S(=O)(=O)[O-].CCCCCCCc1ccc(Oc2ccccc2)cc1S(=O)(=O)[O-].[Ca+2]. The van der Waals surface area contributed by atoms with Crippen molar-refractivity contribution in [3.8, 4) is 23.0 Å². The van der Waals surface area contributed by atoms with Crippen LogP contribution in [-0.2, 0) is 33.1 Å². The largest absolute Gasteiger partial charge is 2.00 e. The van der Waals surface area contributed by atoms with Crippen LogP contribution in [0.2, 0.25) is 0 Å². The van der Waals surface area contributed by atoms with E-state index in [0.29, 0.717) is 47.0 Å². The minimum atomic E-state index is -4.53. The summed E-state index contributed by atoms with van der Waals surface area (Å²) in [5, 5.41) is 0. The quantitative estimate of drug-likeness (QED) is 0.0561.